The molecule has 0 aromatic heterocycles. The number of methoxy groups -OCH3 is 1. The molecule has 0 aliphatic heterocycles. The van der Waals surface area contributed by atoms with Crippen LogP contribution < -0.4 is 5.73 Å². The maximum atomic E-state index is 12.0. The second-order valence-electron chi connectivity index (χ2n) is 3.20. The molecule has 3 nitrogen and oxygen atoms in total. The molecule has 0 heterocycles. The van der Waals surface area contributed by atoms with Gasteiger partial charge in [0.05, 0.1) is 19.3 Å². The Bertz CT molecular complexity index is 324. The second-order valence-corrected chi connectivity index (χ2v) is 3.20. The molecule has 0 fully saturated rings. The second kappa shape index (κ2) is 5.46. The summed E-state index contributed by atoms with van der Waals surface area (Å²) in [5.41, 5.74) is 6.99. The Morgan fingerprint density at radius 3 is 2.53 bits per heavy atom. The first-order valence-corrected chi connectivity index (χ1v) is 4.69. The zero-order valence-corrected chi connectivity index (χ0v) is 8.57. The minimum atomic E-state index is -0.445. The fourth-order valence-corrected chi connectivity index (χ4v) is 1.27. The van der Waals surface area contributed by atoms with Crippen LogP contribution in [0.4, 0.5) is 4.39 Å². The molecular weight excluding hydrogens is 197 g/mol. The number of hydrogen-bond acceptors (Lipinski definition) is 3. The Kier molecular flexibility index (Phi) is 4.24. The molecule has 0 aliphatic carbocycles. The molecule has 0 saturated heterocycles. The van der Waals surface area contributed by atoms with Crippen LogP contribution in [0.1, 0.15) is 28.4 Å². The minimum absolute atomic E-state index is 0.289. The fraction of sp³-hybridized carbons (Fsp3) is 0.364. The molecule has 0 saturated carbocycles. The predicted molar refractivity (Wildman–Crippen MR) is 55.3 cm³/mol. The quantitative estimate of drug-likeness (QED) is 0.773. The molecule has 4 heteroatoms. The van der Waals surface area contributed by atoms with E-state index in [4.69, 9.17) is 5.73 Å². The number of esters is 1. The minimum Gasteiger partial charge on any atom is -0.465 e. The first-order chi connectivity index (χ1) is 7.19. The van der Waals surface area contributed by atoms with E-state index in [0.717, 1.165) is 5.56 Å². The molecule has 0 bridgehead atoms. The van der Waals surface area contributed by atoms with Gasteiger partial charge in [-0.15, -0.1) is 0 Å². The third kappa shape index (κ3) is 3.02. The molecule has 0 amide bonds. The van der Waals surface area contributed by atoms with Crippen LogP contribution in [0.25, 0.3) is 0 Å². The fourth-order valence-electron chi connectivity index (χ4n) is 1.27. The topological polar surface area (TPSA) is 52.3 Å². The summed E-state index contributed by atoms with van der Waals surface area (Å²) in [6.45, 7) is -0.445. The zero-order valence-electron chi connectivity index (χ0n) is 8.57. The summed E-state index contributed by atoms with van der Waals surface area (Å²) in [4.78, 5) is 11.1. The first-order valence-electron chi connectivity index (χ1n) is 4.69. The maximum Gasteiger partial charge on any atom is 0.337 e. The molecule has 82 valence electrons. The lowest BCUT2D eigenvalue weighted by atomic mass is 10.0. The van der Waals surface area contributed by atoms with Crippen LogP contribution >= 0.6 is 0 Å². The average Bonchev–Trinajstić information content (AvgIpc) is 2.28. The molecular formula is C11H14FNO2. The van der Waals surface area contributed by atoms with Crippen LogP contribution in [-0.4, -0.2) is 19.8 Å². The maximum absolute atomic E-state index is 12.0. The molecule has 1 atom stereocenters. The largest absolute Gasteiger partial charge is 0.465 e. The van der Waals surface area contributed by atoms with Crippen LogP contribution in [0.5, 0.6) is 0 Å². The lowest BCUT2D eigenvalue weighted by Gasteiger charge is -2.09. The summed E-state index contributed by atoms with van der Waals surface area (Å²) in [6.07, 6.45) is 0.289. The lowest BCUT2D eigenvalue weighted by Crippen LogP contribution is -2.11. The molecule has 2 N–H and O–H groups in total. The first kappa shape index (κ1) is 11.7. The Morgan fingerprint density at radius 1 is 1.47 bits per heavy atom. The molecule has 15 heavy (non-hydrogen) atoms. The van der Waals surface area contributed by atoms with Crippen LogP contribution in [0, 0.1) is 0 Å². The van der Waals surface area contributed by atoms with Gasteiger partial charge in [-0.1, -0.05) is 12.1 Å². The van der Waals surface area contributed by atoms with Gasteiger partial charge < -0.3 is 10.5 Å². The monoisotopic (exact) mass is 211 g/mol. The van der Waals surface area contributed by atoms with E-state index < -0.39 is 6.67 Å². The van der Waals surface area contributed by atoms with Crippen LogP contribution in [0.3, 0.4) is 0 Å². The molecule has 1 aromatic carbocycles. The number of ether oxygens (including phenoxy) is 1. The van der Waals surface area contributed by atoms with Crippen molar-refractivity contribution in [2.24, 2.45) is 5.73 Å². The Labute approximate surface area is 88.0 Å². The standard InChI is InChI=1S/C11H14FNO2/c1-15-11(14)9-4-2-8(3-5-9)10(13)6-7-12/h2-5,10H,6-7,13H2,1H3/t10-/m1/s1. The summed E-state index contributed by atoms with van der Waals surface area (Å²) < 4.78 is 16.6. The van der Waals surface area contributed by atoms with Gasteiger partial charge in [0.2, 0.25) is 0 Å². The summed E-state index contributed by atoms with van der Waals surface area (Å²) >= 11 is 0. The van der Waals surface area contributed by atoms with Gasteiger partial charge in [-0.2, -0.15) is 0 Å². The molecule has 0 unspecified atom stereocenters. The highest BCUT2D eigenvalue weighted by atomic mass is 19.1. The summed E-state index contributed by atoms with van der Waals surface area (Å²) in [6, 6.07) is 6.36. The van der Waals surface area contributed by atoms with E-state index in [2.05, 4.69) is 4.74 Å². The van der Waals surface area contributed by atoms with Crippen molar-refractivity contribution >= 4 is 5.97 Å². The molecule has 0 spiro atoms. The Balaban J connectivity index is 2.76. The third-order valence-corrected chi connectivity index (χ3v) is 2.18. The Morgan fingerprint density at radius 2 is 2.07 bits per heavy atom. The predicted octanol–water partition coefficient (Wildman–Crippen LogP) is 1.83. The number of nitrogens with two attached hydrogens (primary N) is 1. The smallest absolute Gasteiger partial charge is 0.337 e. The van der Waals surface area contributed by atoms with Crippen molar-refractivity contribution in [2.45, 2.75) is 12.5 Å². The van der Waals surface area contributed by atoms with E-state index in [1.165, 1.54) is 7.11 Å². The molecule has 1 rings (SSSR count). The van der Waals surface area contributed by atoms with Gasteiger partial charge in [-0.05, 0) is 24.1 Å². The number of rotatable bonds is 4. The third-order valence-electron chi connectivity index (χ3n) is 2.18. The van der Waals surface area contributed by atoms with Gasteiger partial charge >= 0.3 is 5.97 Å². The van der Waals surface area contributed by atoms with Crippen molar-refractivity contribution in [1.82, 2.24) is 0 Å². The average molecular weight is 211 g/mol. The van der Waals surface area contributed by atoms with Crippen molar-refractivity contribution in [3.63, 3.8) is 0 Å². The summed E-state index contributed by atoms with van der Waals surface area (Å²) in [5.74, 6) is -0.388. The van der Waals surface area contributed by atoms with Gasteiger partial charge in [0.15, 0.2) is 0 Å². The van der Waals surface area contributed by atoms with E-state index in [-0.39, 0.29) is 18.4 Å². The highest BCUT2D eigenvalue weighted by Gasteiger charge is 2.08. The number of carbonyl (C=O) groups is 1. The number of hydrogen-bond donors (Lipinski definition) is 1. The van der Waals surface area contributed by atoms with Crippen molar-refractivity contribution < 1.29 is 13.9 Å². The summed E-state index contributed by atoms with van der Waals surface area (Å²) in [5, 5.41) is 0. The van der Waals surface area contributed by atoms with Crippen LogP contribution in [0.15, 0.2) is 24.3 Å². The van der Waals surface area contributed by atoms with Gasteiger partial charge in [-0.25, -0.2) is 4.79 Å². The van der Waals surface area contributed by atoms with Gasteiger partial charge in [-0.3, -0.25) is 4.39 Å². The zero-order chi connectivity index (χ0) is 11.3. The van der Waals surface area contributed by atoms with Crippen molar-refractivity contribution in [1.29, 1.82) is 0 Å². The van der Waals surface area contributed by atoms with Crippen molar-refractivity contribution in [3.8, 4) is 0 Å². The lowest BCUT2D eigenvalue weighted by molar-refractivity contribution is 0.0600. The SMILES string of the molecule is COC(=O)c1ccc([C@H](N)CCF)cc1. The van der Waals surface area contributed by atoms with Crippen LogP contribution in [-0.2, 0) is 4.74 Å². The van der Waals surface area contributed by atoms with Gasteiger partial charge in [0, 0.05) is 6.04 Å². The van der Waals surface area contributed by atoms with E-state index in [1.54, 1.807) is 24.3 Å². The molecule has 1 aromatic rings. The van der Waals surface area contributed by atoms with Gasteiger partial charge in [0.25, 0.3) is 0 Å². The number of halogens is 1. The molecule has 0 radical (unpaired) electrons. The number of carbonyl (C=O) groups excluding carboxylic acids is 1. The van der Waals surface area contributed by atoms with Gasteiger partial charge in [0.1, 0.15) is 0 Å². The van der Waals surface area contributed by atoms with E-state index in [9.17, 15) is 9.18 Å². The normalized spacial score (nSPS) is 12.2. The Hall–Kier alpha value is -1.42. The van der Waals surface area contributed by atoms with E-state index in [1.807, 2.05) is 0 Å². The van der Waals surface area contributed by atoms with Crippen molar-refractivity contribution in [2.75, 3.05) is 13.8 Å². The molecule has 0 aliphatic rings. The van der Waals surface area contributed by atoms with Crippen LogP contribution in [0.2, 0.25) is 0 Å². The van der Waals surface area contributed by atoms with E-state index >= 15 is 0 Å². The highest BCUT2D eigenvalue weighted by Crippen LogP contribution is 2.15. The summed E-state index contributed by atoms with van der Waals surface area (Å²) in [7, 11) is 1.32. The van der Waals surface area contributed by atoms with E-state index in [0.29, 0.717) is 5.56 Å². The highest BCUT2D eigenvalue weighted by molar-refractivity contribution is 5.89. The van der Waals surface area contributed by atoms with Crippen molar-refractivity contribution in [3.05, 3.63) is 35.4 Å². The number of benzene rings is 1. The number of alkyl halides is 1.